The molecule has 0 saturated carbocycles. The predicted octanol–water partition coefficient (Wildman–Crippen LogP) is 3.07. The summed E-state index contributed by atoms with van der Waals surface area (Å²) in [5.74, 6) is 0.657. The molecule has 0 saturated heterocycles. The number of carbonyl (C=O) groups excluding carboxylic acids is 1. The lowest BCUT2D eigenvalue weighted by Gasteiger charge is -2.12. The van der Waals surface area contributed by atoms with Gasteiger partial charge in [0.15, 0.2) is 11.6 Å². The average molecular weight is 296 g/mol. The van der Waals surface area contributed by atoms with Crippen molar-refractivity contribution in [2.24, 2.45) is 0 Å². The Hall–Kier alpha value is -2.44. The normalized spacial score (nSPS) is 10.7. The first kappa shape index (κ1) is 15.0. The lowest BCUT2D eigenvalue weighted by Crippen LogP contribution is -2.09. The van der Waals surface area contributed by atoms with E-state index in [0.717, 1.165) is 0 Å². The van der Waals surface area contributed by atoms with Crippen LogP contribution in [0.15, 0.2) is 30.6 Å². The summed E-state index contributed by atoms with van der Waals surface area (Å²) >= 11 is 0. The molecule has 2 rings (SSSR count). The van der Waals surface area contributed by atoms with Gasteiger partial charge >= 0.3 is 6.55 Å². The number of methoxy groups -OCH3 is 1. The maximum absolute atomic E-state index is 12.7. The van der Waals surface area contributed by atoms with Crippen molar-refractivity contribution in [3.05, 3.63) is 42.0 Å². The molecule has 1 aromatic heterocycles. The third-order valence-electron chi connectivity index (χ3n) is 2.88. The van der Waals surface area contributed by atoms with E-state index < -0.39 is 6.55 Å². The van der Waals surface area contributed by atoms with Crippen LogP contribution in [0.4, 0.5) is 8.78 Å². The van der Waals surface area contributed by atoms with Crippen molar-refractivity contribution >= 4 is 5.78 Å². The quantitative estimate of drug-likeness (QED) is 0.769. The summed E-state index contributed by atoms with van der Waals surface area (Å²) in [6.45, 7) is -1.47. The molecule has 1 heterocycles. The van der Waals surface area contributed by atoms with Gasteiger partial charge < -0.3 is 9.47 Å². The van der Waals surface area contributed by atoms with Crippen LogP contribution in [0.3, 0.4) is 0 Å². The first-order valence-corrected chi connectivity index (χ1v) is 6.14. The fourth-order valence-corrected chi connectivity index (χ4v) is 1.82. The number of imidazole rings is 1. The highest BCUT2D eigenvalue weighted by Crippen LogP contribution is 2.26. The molecule has 0 aliphatic heterocycles. The summed E-state index contributed by atoms with van der Waals surface area (Å²) in [6, 6.07) is 4.73. The third-order valence-corrected chi connectivity index (χ3v) is 2.88. The highest BCUT2D eigenvalue weighted by atomic mass is 19.3. The average Bonchev–Trinajstić information content (AvgIpc) is 2.93. The summed E-state index contributed by atoms with van der Waals surface area (Å²) in [4.78, 5) is 15.4. The van der Waals surface area contributed by atoms with E-state index in [1.165, 1.54) is 32.5 Å². The Morgan fingerprint density at radius 2 is 2.19 bits per heavy atom. The van der Waals surface area contributed by atoms with E-state index in [0.29, 0.717) is 15.9 Å². The van der Waals surface area contributed by atoms with Crippen LogP contribution in [-0.2, 0) is 6.61 Å². The van der Waals surface area contributed by atoms with Crippen LogP contribution < -0.4 is 9.47 Å². The highest BCUT2D eigenvalue weighted by molar-refractivity contribution is 5.97. The smallest absolute Gasteiger partial charge is 0.320 e. The van der Waals surface area contributed by atoms with Crippen LogP contribution in [-0.4, -0.2) is 22.4 Å². The van der Waals surface area contributed by atoms with Gasteiger partial charge in [0.05, 0.1) is 12.7 Å². The minimum absolute atomic E-state index is 0.0716. The minimum Gasteiger partial charge on any atom is -0.497 e. The molecule has 0 atom stereocenters. The van der Waals surface area contributed by atoms with Crippen molar-refractivity contribution in [2.75, 3.05) is 7.11 Å². The molecule has 0 radical (unpaired) electrons. The third kappa shape index (κ3) is 3.36. The van der Waals surface area contributed by atoms with Gasteiger partial charge in [-0.05, 0) is 19.1 Å². The molecule has 0 spiro atoms. The number of rotatable bonds is 6. The van der Waals surface area contributed by atoms with Gasteiger partial charge in [-0.25, -0.2) is 4.98 Å². The number of hydrogen-bond donors (Lipinski definition) is 0. The van der Waals surface area contributed by atoms with Gasteiger partial charge in [0.25, 0.3) is 0 Å². The lowest BCUT2D eigenvalue weighted by atomic mass is 10.1. The molecule has 0 bridgehead atoms. The summed E-state index contributed by atoms with van der Waals surface area (Å²) in [5.41, 5.74) is 0.353. The molecular formula is C14H14F2N2O3. The zero-order valence-electron chi connectivity index (χ0n) is 11.5. The van der Waals surface area contributed by atoms with Gasteiger partial charge in [0, 0.05) is 18.5 Å². The molecule has 0 unspecified atom stereocenters. The van der Waals surface area contributed by atoms with E-state index in [1.54, 1.807) is 12.1 Å². The molecule has 0 amide bonds. The second-order valence-corrected chi connectivity index (χ2v) is 4.24. The fraction of sp³-hybridized carbons (Fsp3) is 0.286. The van der Waals surface area contributed by atoms with Crippen molar-refractivity contribution < 1.29 is 23.0 Å². The molecule has 21 heavy (non-hydrogen) atoms. The standard InChI is InChI=1S/C14H14F2N2O3/c1-9(19)11-4-3-10(20-2)7-12(11)21-8-13-17-5-6-18(13)14(15)16/h3-7,14H,8H2,1-2H3. The zero-order valence-corrected chi connectivity index (χ0v) is 11.5. The molecule has 0 aliphatic carbocycles. The molecule has 112 valence electrons. The largest absolute Gasteiger partial charge is 0.497 e. The second kappa shape index (κ2) is 6.34. The number of nitrogens with zero attached hydrogens (tertiary/aromatic N) is 2. The van der Waals surface area contributed by atoms with E-state index in [9.17, 15) is 13.6 Å². The number of ketones is 1. The molecule has 1 aromatic carbocycles. The van der Waals surface area contributed by atoms with Crippen LogP contribution in [0, 0.1) is 0 Å². The van der Waals surface area contributed by atoms with Crippen LogP contribution in [0.25, 0.3) is 0 Å². The van der Waals surface area contributed by atoms with Crippen molar-refractivity contribution in [1.29, 1.82) is 0 Å². The number of halogens is 2. The molecule has 7 heteroatoms. The summed E-state index contributed by atoms with van der Waals surface area (Å²) in [6.07, 6.45) is 2.43. The number of carbonyl (C=O) groups is 1. The van der Waals surface area contributed by atoms with Gasteiger partial charge in [-0.2, -0.15) is 8.78 Å². The highest BCUT2D eigenvalue weighted by Gasteiger charge is 2.14. The molecule has 0 N–H and O–H groups in total. The van der Waals surface area contributed by atoms with Gasteiger partial charge in [-0.15, -0.1) is 0 Å². The summed E-state index contributed by atoms with van der Waals surface area (Å²) < 4.78 is 36.6. The van der Waals surface area contributed by atoms with Crippen LogP contribution in [0.2, 0.25) is 0 Å². The van der Waals surface area contributed by atoms with E-state index in [1.807, 2.05) is 0 Å². The maximum atomic E-state index is 12.7. The van der Waals surface area contributed by atoms with Crippen LogP contribution in [0.1, 0.15) is 29.7 Å². The number of alkyl halides is 2. The first-order chi connectivity index (χ1) is 10.0. The SMILES string of the molecule is COc1ccc(C(C)=O)c(OCc2nccn2C(F)F)c1. The van der Waals surface area contributed by atoms with E-state index in [4.69, 9.17) is 9.47 Å². The van der Waals surface area contributed by atoms with E-state index >= 15 is 0 Å². The summed E-state index contributed by atoms with van der Waals surface area (Å²) in [5, 5.41) is 0. The van der Waals surface area contributed by atoms with Crippen molar-refractivity contribution in [3.63, 3.8) is 0 Å². The van der Waals surface area contributed by atoms with Gasteiger partial charge in [-0.3, -0.25) is 9.36 Å². The Balaban J connectivity index is 2.22. The zero-order chi connectivity index (χ0) is 15.4. The first-order valence-electron chi connectivity index (χ1n) is 6.14. The van der Waals surface area contributed by atoms with Crippen molar-refractivity contribution in [2.45, 2.75) is 20.1 Å². The van der Waals surface area contributed by atoms with Gasteiger partial charge in [-0.1, -0.05) is 0 Å². The lowest BCUT2D eigenvalue weighted by molar-refractivity contribution is 0.0631. The monoisotopic (exact) mass is 296 g/mol. The van der Waals surface area contributed by atoms with Crippen molar-refractivity contribution in [1.82, 2.24) is 9.55 Å². The number of ether oxygens (including phenoxy) is 2. The number of hydrogen-bond acceptors (Lipinski definition) is 4. The molecular weight excluding hydrogens is 282 g/mol. The number of aromatic nitrogens is 2. The maximum Gasteiger partial charge on any atom is 0.320 e. The number of Topliss-reactive ketones (excluding diaryl/α,β-unsaturated/α-hetero) is 1. The Morgan fingerprint density at radius 3 is 2.81 bits per heavy atom. The second-order valence-electron chi connectivity index (χ2n) is 4.24. The topological polar surface area (TPSA) is 53.4 Å². The van der Waals surface area contributed by atoms with Crippen molar-refractivity contribution in [3.8, 4) is 11.5 Å². The molecule has 0 fully saturated rings. The Labute approximate surface area is 120 Å². The Kier molecular flexibility index (Phi) is 4.52. The predicted molar refractivity (Wildman–Crippen MR) is 70.8 cm³/mol. The number of benzene rings is 1. The minimum atomic E-state index is -2.69. The van der Waals surface area contributed by atoms with E-state index in [2.05, 4.69) is 4.98 Å². The fourth-order valence-electron chi connectivity index (χ4n) is 1.82. The Morgan fingerprint density at radius 1 is 1.43 bits per heavy atom. The van der Waals surface area contributed by atoms with Gasteiger partial charge in [0.1, 0.15) is 18.1 Å². The Bertz CT molecular complexity index is 641. The van der Waals surface area contributed by atoms with Gasteiger partial charge in [0.2, 0.25) is 0 Å². The van der Waals surface area contributed by atoms with Crippen LogP contribution >= 0.6 is 0 Å². The summed E-state index contributed by atoms with van der Waals surface area (Å²) in [7, 11) is 1.48. The molecule has 2 aromatic rings. The van der Waals surface area contributed by atoms with E-state index in [-0.39, 0.29) is 24.0 Å². The van der Waals surface area contributed by atoms with Crippen LogP contribution in [0.5, 0.6) is 11.5 Å². The molecule has 5 nitrogen and oxygen atoms in total. The molecule has 0 aliphatic rings.